The minimum absolute atomic E-state index is 0.269. The van der Waals surface area contributed by atoms with Crippen LogP contribution < -0.4 is 11.5 Å². The number of primary amides is 1. The fourth-order valence-corrected chi connectivity index (χ4v) is 0.873. The van der Waals surface area contributed by atoms with Crippen molar-refractivity contribution in [2.24, 2.45) is 11.5 Å². The number of carbonyl (C=O) groups excluding carboxylic acids is 1. The summed E-state index contributed by atoms with van der Waals surface area (Å²) in [6, 6.07) is 0. The van der Waals surface area contributed by atoms with Gasteiger partial charge in [-0.1, -0.05) is 0 Å². The van der Waals surface area contributed by atoms with Gasteiger partial charge in [0.25, 0.3) is 5.91 Å². The summed E-state index contributed by atoms with van der Waals surface area (Å²) in [7, 11) is 0. The first-order chi connectivity index (χ1) is 5.16. The molecule has 0 saturated carbocycles. The molecule has 5 nitrogen and oxygen atoms in total. The molecule has 1 aromatic rings. The molecule has 0 aromatic carbocycles. The third-order valence-electron chi connectivity index (χ3n) is 1.55. The monoisotopic (exact) mass is 154 g/mol. The zero-order valence-electron chi connectivity index (χ0n) is 6.22. The van der Waals surface area contributed by atoms with E-state index in [0.717, 1.165) is 11.3 Å². The number of nitrogens with zero attached hydrogens (tertiary/aromatic N) is 1. The number of H-pyrrole nitrogens is 1. The van der Waals surface area contributed by atoms with E-state index in [-0.39, 0.29) is 5.69 Å². The van der Waals surface area contributed by atoms with Crippen molar-refractivity contribution in [2.45, 2.75) is 13.5 Å². The smallest absolute Gasteiger partial charge is 0.269 e. The van der Waals surface area contributed by atoms with Gasteiger partial charge in [-0.3, -0.25) is 9.89 Å². The molecule has 1 aromatic heterocycles. The first kappa shape index (κ1) is 7.74. The predicted octanol–water partition coefficient (Wildman–Crippen LogP) is -0.724. The van der Waals surface area contributed by atoms with E-state index in [2.05, 4.69) is 10.2 Å². The summed E-state index contributed by atoms with van der Waals surface area (Å²) in [5, 5.41) is 6.34. The summed E-state index contributed by atoms with van der Waals surface area (Å²) in [6.07, 6.45) is 0. The fraction of sp³-hybridized carbons (Fsp3) is 0.333. The van der Waals surface area contributed by atoms with Crippen LogP contribution in [0.3, 0.4) is 0 Å². The second kappa shape index (κ2) is 2.71. The molecule has 0 fully saturated rings. The molecular formula is C6H10N4O. The van der Waals surface area contributed by atoms with Gasteiger partial charge in [-0.2, -0.15) is 5.10 Å². The summed E-state index contributed by atoms with van der Waals surface area (Å²) < 4.78 is 0. The number of nitrogens with two attached hydrogens (primary N) is 2. The number of amides is 1. The van der Waals surface area contributed by atoms with Crippen molar-refractivity contribution < 1.29 is 4.79 Å². The number of aromatic amines is 1. The maximum atomic E-state index is 10.6. The Balaban J connectivity index is 3.10. The summed E-state index contributed by atoms with van der Waals surface area (Å²) in [6.45, 7) is 2.10. The largest absolute Gasteiger partial charge is 0.364 e. The van der Waals surface area contributed by atoms with Crippen LogP contribution in [0.2, 0.25) is 0 Å². The Morgan fingerprint density at radius 2 is 2.36 bits per heavy atom. The molecular weight excluding hydrogens is 144 g/mol. The van der Waals surface area contributed by atoms with Gasteiger partial charge in [0.05, 0.1) is 5.69 Å². The molecule has 0 radical (unpaired) electrons. The summed E-state index contributed by atoms with van der Waals surface area (Å²) in [5.74, 6) is -0.529. The molecule has 0 saturated heterocycles. The van der Waals surface area contributed by atoms with E-state index in [4.69, 9.17) is 11.5 Å². The van der Waals surface area contributed by atoms with Crippen LogP contribution in [0, 0.1) is 6.92 Å². The van der Waals surface area contributed by atoms with Crippen LogP contribution in [0.25, 0.3) is 0 Å². The number of hydrogen-bond donors (Lipinski definition) is 3. The molecule has 1 heterocycles. The lowest BCUT2D eigenvalue weighted by molar-refractivity contribution is 0.0995. The molecule has 0 bridgehead atoms. The average Bonchev–Trinajstić information content (AvgIpc) is 2.30. The van der Waals surface area contributed by atoms with Crippen LogP contribution in [0.15, 0.2) is 0 Å². The normalized spacial score (nSPS) is 10.0. The molecule has 5 N–H and O–H groups in total. The van der Waals surface area contributed by atoms with E-state index >= 15 is 0 Å². The topological polar surface area (TPSA) is 97.8 Å². The third-order valence-corrected chi connectivity index (χ3v) is 1.55. The molecule has 1 amide bonds. The van der Waals surface area contributed by atoms with Gasteiger partial charge in [-0.25, -0.2) is 0 Å². The standard InChI is InChI=1S/C6H10N4O/c1-3-4(2-7)9-10-5(3)6(8)11/h2,7H2,1H3,(H2,8,11)(H,9,10). The lowest BCUT2D eigenvalue weighted by Crippen LogP contribution is -2.13. The second-order valence-electron chi connectivity index (χ2n) is 2.24. The van der Waals surface area contributed by atoms with E-state index < -0.39 is 5.91 Å². The molecule has 0 aliphatic heterocycles. The first-order valence-corrected chi connectivity index (χ1v) is 3.20. The van der Waals surface area contributed by atoms with Crippen molar-refractivity contribution in [1.82, 2.24) is 10.2 Å². The van der Waals surface area contributed by atoms with E-state index in [1.54, 1.807) is 6.92 Å². The van der Waals surface area contributed by atoms with Crippen LogP contribution >= 0.6 is 0 Å². The number of carbonyl (C=O) groups is 1. The zero-order chi connectivity index (χ0) is 8.43. The van der Waals surface area contributed by atoms with Crippen LogP contribution in [0.5, 0.6) is 0 Å². The van der Waals surface area contributed by atoms with Crippen molar-refractivity contribution in [3.05, 3.63) is 17.0 Å². The lowest BCUT2D eigenvalue weighted by atomic mass is 10.2. The molecule has 0 spiro atoms. The molecule has 5 heteroatoms. The molecule has 0 aliphatic rings. The highest BCUT2D eigenvalue weighted by atomic mass is 16.1. The van der Waals surface area contributed by atoms with Gasteiger partial charge in [0.15, 0.2) is 5.69 Å². The zero-order valence-corrected chi connectivity index (χ0v) is 6.22. The fourth-order valence-electron chi connectivity index (χ4n) is 0.873. The maximum Gasteiger partial charge on any atom is 0.269 e. The minimum atomic E-state index is -0.529. The van der Waals surface area contributed by atoms with Gasteiger partial charge in [-0.05, 0) is 6.92 Å². The number of aromatic nitrogens is 2. The summed E-state index contributed by atoms with van der Waals surface area (Å²) in [5.41, 5.74) is 12.1. The van der Waals surface area contributed by atoms with Crippen LogP contribution in [-0.2, 0) is 6.54 Å². The Hall–Kier alpha value is -1.36. The van der Waals surface area contributed by atoms with E-state index in [1.165, 1.54) is 0 Å². The molecule has 0 unspecified atom stereocenters. The Labute approximate surface area is 63.8 Å². The van der Waals surface area contributed by atoms with Crippen molar-refractivity contribution >= 4 is 5.91 Å². The summed E-state index contributed by atoms with van der Waals surface area (Å²) in [4.78, 5) is 10.6. The second-order valence-corrected chi connectivity index (χ2v) is 2.24. The maximum absolute atomic E-state index is 10.6. The highest BCUT2D eigenvalue weighted by Gasteiger charge is 2.11. The SMILES string of the molecule is Cc1c(C(N)=O)n[nH]c1CN. The third kappa shape index (κ3) is 1.22. The molecule has 1 rings (SSSR count). The Morgan fingerprint density at radius 3 is 2.64 bits per heavy atom. The minimum Gasteiger partial charge on any atom is -0.364 e. The number of rotatable bonds is 2. The van der Waals surface area contributed by atoms with Crippen LogP contribution in [0.1, 0.15) is 21.7 Å². The molecule has 0 atom stereocenters. The Kier molecular flexibility index (Phi) is 1.91. The van der Waals surface area contributed by atoms with Gasteiger partial charge >= 0.3 is 0 Å². The number of hydrogen-bond acceptors (Lipinski definition) is 3. The van der Waals surface area contributed by atoms with E-state index in [1.807, 2.05) is 0 Å². The Morgan fingerprint density at radius 1 is 1.73 bits per heavy atom. The van der Waals surface area contributed by atoms with E-state index in [0.29, 0.717) is 6.54 Å². The van der Waals surface area contributed by atoms with Crippen molar-refractivity contribution in [1.29, 1.82) is 0 Å². The first-order valence-electron chi connectivity index (χ1n) is 3.20. The summed E-state index contributed by atoms with van der Waals surface area (Å²) >= 11 is 0. The van der Waals surface area contributed by atoms with Crippen molar-refractivity contribution in [2.75, 3.05) is 0 Å². The molecule has 11 heavy (non-hydrogen) atoms. The van der Waals surface area contributed by atoms with Crippen molar-refractivity contribution in [3.63, 3.8) is 0 Å². The van der Waals surface area contributed by atoms with Crippen molar-refractivity contribution in [3.8, 4) is 0 Å². The quantitative estimate of drug-likeness (QED) is 0.524. The number of nitrogens with one attached hydrogen (secondary N) is 1. The van der Waals surface area contributed by atoms with Crippen LogP contribution in [-0.4, -0.2) is 16.1 Å². The van der Waals surface area contributed by atoms with Gasteiger partial charge in [0.2, 0.25) is 0 Å². The Bertz CT molecular complexity index is 278. The predicted molar refractivity (Wildman–Crippen MR) is 39.7 cm³/mol. The lowest BCUT2D eigenvalue weighted by Gasteiger charge is -1.91. The molecule has 60 valence electrons. The van der Waals surface area contributed by atoms with E-state index in [9.17, 15) is 4.79 Å². The molecule has 0 aliphatic carbocycles. The van der Waals surface area contributed by atoms with Crippen LogP contribution in [0.4, 0.5) is 0 Å². The average molecular weight is 154 g/mol. The highest BCUT2D eigenvalue weighted by molar-refractivity contribution is 5.92. The highest BCUT2D eigenvalue weighted by Crippen LogP contribution is 2.07. The van der Waals surface area contributed by atoms with Gasteiger partial charge in [0, 0.05) is 12.1 Å². The van der Waals surface area contributed by atoms with Gasteiger partial charge < -0.3 is 11.5 Å². The van der Waals surface area contributed by atoms with Gasteiger partial charge in [-0.15, -0.1) is 0 Å². The van der Waals surface area contributed by atoms with Gasteiger partial charge in [0.1, 0.15) is 0 Å².